The van der Waals surface area contributed by atoms with Crippen LogP contribution in [-0.2, 0) is 11.3 Å². The summed E-state index contributed by atoms with van der Waals surface area (Å²) >= 11 is 0. The molecule has 0 amide bonds. The molecule has 0 unspecified atom stereocenters. The second-order valence-corrected chi connectivity index (χ2v) is 2.57. The first kappa shape index (κ1) is 10.5. The topological polar surface area (TPSA) is 18.5 Å². The minimum absolute atomic E-state index is 0.126. The van der Waals surface area contributed by atoms with E-state index in [2.05, 4.69) is 4.74 Å². The molecule has 1 rings (SSSR count). The van der Waals surface area contributed by atoms with E-state index >= 15 is 0 Å². The first-order valence-corrected chi connectivity index (χ1v) is 3.98. The van der Waals surface area contributed by atoms with Crippen molar-refractivity contribution in [1.82, 2.24) is 0 Å². The van der Waals surface area contributed by atoms with E-state index in [1.54, 1.807) is 31.4 Å². The average molecular weight is 200 g/mol. The van der Waals surface area contributed by atoms with Gasteiger partial charge in [0.05, 0.1) is 7.11 Å². The number of hydrogen-bond donors (Lipinski definition) is 0. The standard InChI is InChI=1S/C10H10F2O2/c1-13-9-4-2-8(3-5-9)6-14-7-10(11)12/h2-5,7H,6H2,1H3. The smallest absolute Gasteiger partial charge is 0.304 e. The highest BCUT2D eigenvalue weighted by atomic mass is 19.3. The maximum atomic E-state index is 11.6. The molecule has 0 heterocycles. The van der Waals surface area contributed by atoms with Gasteiger partial charge in [0.1, 0.15) is 18.6 Å². The van der Waals surface area contributed by atoms with Gasteiger partial charge in [-0.25, -0.2) is 0 Å². The molecule has 0 saturated heterocycles. The highest BCUT2D eigenvalue weighted by molar-refractivity contribution is 5.26. The number of halogens is 2. The molecule has 1 aromatic rings. The van der Waals surface area contributed by atoms with Crippen LogP contribution in [0, 0.1) is 0 Å². The predicted molar refractivity (Wildman–Crippen MR) is 48.1 cm³/mol. The van der Waals surface area contributed by atoms with Crippen molar-refractivity contribution in [2.45, 2.75) is 6.61 Å². The zero-order chi connectivity index (χ0) is 10.4. The second kappa shape index (κ2) is 5.21. The maximum absolute atomic E-state index is 11.6. The Hall–Kier alpha value is -1.58. The van der Waals surface area contributed by atoms with Gasteiger partial charge in [-0.3, -0.25) is 0 Å². The first-order valence-electron chi connectivity index (χ1n) is 3.98. The molecule has 2 nitrogen and oxygen atoms in total. The van der Waals surface area contributed by atoms with Crippen molar-refractivity contribution < 1.29 is 18.3 Å². The molecule has 0 radical (unpaired) electrons. The second-order valence-electron chi connectivity index (χ2n) is 2.57. The fourth-order valence-electron chi connectivity index (χ4n) is 0.923. The van der Waals surface area contributed by atoms with Gasteiger partial charge in [-0.05, 0) is 17.7 Å². The molecule has 0 saturated carbocycles. The summed E-state index contributed by atoms with van der Waals surface area (Å²) in [5.41, 5.74) is 0.809. The van der Waals surface area contributed by atoms with E-state index in [9.17, 15) is 8.78 Å². The Kier molecular flexibility index (Phi) is 3.91. The average Bonchev–Trinajstić information content (AvgIpc) is 2.18. The highest BCUT2D eigenvalue weighted by Crippen LogP contribution is 2.12. The van der Waals surface area contributed by atoms with Crippen LogP contribution in [0.25, 0.3) is 0 Å². The maximum Gasteiger partial charge on any atom is 0.304 e. The summed E-state index contributed by atoms with van der Waals surface area (Å²) in [6.07, 6.45) is -1.40. The Labute approximate surface area is 80.8 Å². The van der Waals surface area contributed by atoms with E-state index in [4.69, 9.17) is 4.74 Å². The number of methoxy groups -OCH3 is 1. The molecule has 0 aliphatic carbocycles. The Morgan fingerprint density at radius 1 is 1.29 bits per heavy atom. The van der Waals surface area contributed by atoms with Crippen LogP contribution < -0.4 is 4.74 Å². The van der Waals surface area contributed by atoms with Gasteiger partial charge in [0.15, 0.2) is 0 Å². The third-order valence-electron chi connectivity index (χ3n) is 1.58. The van der Waals surface area contributed by atoms with E-state index < -0.39 is 6.08 Å². The number of rotatable bonds is 4. The van der Waals surface area contributed by atoms with E-state index in [0.717, 1.165) is 11.3 Å². The third-order valence-corrected chi connectivity index (χ3v) is 1.58. The number of ether oxygens (including phenoxy) is 2. The molecule has 1 aromatic carbocycles. The fourth-order valence-corrected chi connectivity index (χ4v) is 0.923. The van der Waals surface area contributed by atoms with Gasteiger partial charge in [0, 0.05) is 0 Å². The highest BCUT2D eigenvalue weighted by Gasteiger charge is 1.94. The summed E-state index contributed by atoms with van der Waals surface area (Å²) in [5.74, 6) is 0.723. The number of hydrogen-bond acceptors (Lipinski definition) is 2. The van der Waals surface area contributed by atoms with Crippen molar-refractivity contribution in [1.29, 1.82) is 0 Å². The molecule has 0 aliphatic heterocycles. The van der Waals surface area contributed by atoms with Crippen molar-refractivity contribution >= 4 is 0 Å². The van der Waals surface area contributed by atoms with E-state index in [1.807, 2.05) is 0 Å². The molecule has 0 spiro atoms. The summed E-state index contributed by atoms with van der Waals surface area (Å²) in [6, 6.07) is 6.99. The minimum Gasteiger partial charge on any atom is -0.497 e. The van der Waals surface area contributed by atoms with Crippen LogP contribution in [0.4, 0.5) is 8.78 Å². The van der Waals surface area contributed by atoms with Gasteiger partial charge in [0.25, 0.3) is 0 Å². The van der Waals surface area contributed by atoms with Gasteiger partial charge in [-0.2, -0.15) is 8.78 Å². The van der Waals surface area contributed by atoms with Crippen molar-refractivity contribution in [3.8, 4) is 5.75 Å². The molecule has 0 atom stereocenters. The Balaban J connectivity index is 2.48. The van der Waals surface area contributed by atoms with Gasteiger partial charge in [-0.15, -0.1) is 0 Å². The molecular weight excluding hydrogens is 190 g/mol. The van der Waals surface area contributed by atoms with Gasteiger partial charge in [0.2, 0.25) is 0 Å². The lowest BCUT2D eigenvalue weighted by Gasteiger charge is -2.02. The summed E-state index contributed by atoms with van der Waals surface area (Å²) in [5, 5.41) is 0. The number of benzene rings is 1. The quantitative estimate of drug-likeness (QED) is 0.695. The molecule has 4 heteroatoms. The monoisotopic (exact) mass is 200 g/mol. The zero-order valence-electron chi connectivity index (χ0n) is 7.67. The van der Waals surface area contributed by atoms with Crippen LogP contribution in [-0.4, -0.2) is 7.11 Å². The minimum atomic E-state index is -1.83. The molecule has 0 N–H and O–H groups in total. The van der Waals surface area contributed by atoms with E-state index in [1.165, 1.54) is 0 Å². The van der Waals surface area contributed by atoms with E-state index in [-0.39, 0.29) is 6.61 Å². The van der Waals surface area contributed by atoms with Gasteiger partial charge in [-0.1, -0.05) is 12.1 Å². The Bertz CT molecular complexity index is 302. The zero-order valence-corrected chi connectivity index (χ0v) is 7.67. The fraction of sp³-hybridized carbons (Fsp3) is 0.200. The van der Waals surface area contributed by atoms with Crippen molar-refractivity contribution in [2.24, 2.45) is 0 Å². The summed E-state index contributed by atoms with van der Waals surface area (Å²) in [7, 11) is 1.56. The Morgan fingerprint density at radius 2 is 1.93 bits per heavy atom. The summed E-state index contributed by atoms with van der Waals surface area (Å²) in [6.45, 7) is 0.126. The molecule has 0 bridgehead atoms. The van der Waals surface area contributed by atoms with Gasteiger partial charge < -0.3 is 9.47 Å². The molecule has 0 fully saturated rings. The van der Waals surface area contributed by atoms with Crippen molar-refractivity contribution in [2.75, 3.05) is 7.11 Å². The van der Waals surface area contributed by atoms with Gasteiger partial charge >= 0.3 is 6.08 Å². The SMILES string of the molecule is COc1ccc(COC=C(F)F)cc1. The van der Waals surface area contributed by atoms with Crippen LogP contribution in [0.15, 0.2) is 36.6 Å². The van der Waals surface area contributed by atoms with Crippen LogP contribution in [0.5, 0.6) is 5.75 Å². The summed E-state index contributed by atoms with van der Waals surface area (Å²) < 4.78 is 32.7. The van der Waals surface area contributed by atoms with Crippen LogP contribution in [0.1, 0.15) is 5.56 Å². The normalized spacial score (nSPS) is 9.36. The lowest BCUT2D eigenvalue weighted by molar-refractivity contribution is 0.212. The predicted octanol–water partition coefficient (Wildman–Crippen LogP) is 2.95. The molecule has 0 aliphatic rings. The van der Waals surface area contributed by atoms with Crippen molar-refractivity contribution in [3.05, 3.63) is 42.2 Å². The Morgan fingerprint density at radius 3 is 2.43 bits per heavy atom. The molecule has 0 aromatic heterocycles. The summed E-state index contributed by atoms with van der Waals surface area (Å²) in [4.78, 5) is 0. The van der Waals surface area contributed by atoms with E-state index in [0.29, 0.717) is 6.26 Å². The molecule has 14 heavy (non-hydrogen) atoms. The molecular formula is C10H10F2O2. The third kappa shape index (κ3) is 3.43. The van der Waals surface area contributed by atoms with Crippen LogP contribution in [0.2, 0.25) is 0 Å². The molecule has 76 valence electrons. The van der Waals surface area contributed by atoms with Crippen LogP contribution >= 0.6 is 0 Å². The lowest BCUT2D eigenvalue weighted by Crippen LogP contribution is -1.87. The van der Waals surface area contributed by atoms with Crippen LogP contribution in [0.3, 0.4) is 0 Å². The largest absolute Gasteiger partial charge is 0.497 e. The lowest BCUT2D eigenvalue weighted by atomic mass is 10.2. The van der Waals surface area contributed by atoms with Crippen molar-refractivity contribution in [3.63, 3.8) is 0 Å². The first-order chi connectivity index (χ1) is 6.72.